The number of aromatic nitrogens is 2. The second-order valence-corrected chi connectivity index (χ2v) is 7.81. The second-order valence-electron chi connectivity index (χ2n) is 7.81. The van der Waals surface area contributed by atoms with Crippen molar-refractivity contribution in [2.45, 2.75) is 53.7 Å². The van der Waals surface area contributed by atoms with Crippen LogP contribution in [0.15, 0.2) is 27.4 Å². The maximum Gasteiger partial charge on any atom is 0.336 e. The van der Waals surface area contributed by atoms with E-state index in [1.807, 2.05) is 51.6 Å². The Bertz CT molecular complexity index is 1160. The first kappa shape index (κ1) is 21.6. The largest absolute Gasteiger partial charge is 0.480 e. The lowest BCUT2D eigenvalue weighted by atomic mass is 10.0. The van der Waals surface area contributed by atoms with E-state index in [2.05, 4.69) is 5.10 Å². The zero-order chi connectivity index (χ0) is 22.2. The van der Waals surface area contributed by atoms with Crippen molar-refractivity contribution < 1.29 is 13.9 Å². The molecule has 1 atom stereocenters. The minimum atomic E-state index is -0.700. The van der Waals surface area contributed by atoms with Crippen LogP contribution in [0.2, 0.25) is 0 Å². The molecular formula is C23H29N3O4. The predicted octanol–water partition coefficient (Wildman–Crippen LogP) is 3.44. The van der Waals surface area contributed by atoms with E-state index in [0.717, 1.165) is 33.5 Å². The fourth-order valence-corrected chi connectivity index (χ4v) is 3.75. The van der Waals surface area contributed by atoms with Crippen LogP contribution >= 0.6 is 0 Å². The molecule has 1 amide bonds. The number of likely N-dealkylation sites (N-methyl/N-ethyl adjacent to an activating group) is 1. The number of carbonyl (C=O) groups is 1. The molecule has 0 N–H and O–H groups in total. The Kier molecular flexibility index (Phi) is 6.01. The molecule has 0 aliphatic rings. The maximum atomic E-state index is 13.0. The van der Waals surface area contributed by atoms with Gasteiger partial charge in [-0.15, -0.1) is 0 Å². The smallest absolute Gasteiger partial charge is 0.336 e. The van der Waals surface area contributed by atoms with Gasteiger partial charge in [0.05, 0.1) is 11.1 Å². The highest BCUT2D eigenvalue weighted by atomic mass is 16.5. The summed E-state index contributed by atoms with van der Waals surface area (Å²) in [7, 11) is 3.66. The Hall–Kier alpha value is -3.09. The number of aryl methyl sites for hydroxylation is 4. The summed E-state index contributed by atoms with van der Waals surface area (Å²) < 4.78 is 13.3. The van der Waals surface area contributed by atoms with Gasteiger partial charge >= 0.3 is 5.63 Å². The van der Waals surface area contributed by atoms with Gasteiger partial charge in [-0.05, 0) is 57.4 Å². The SMILES string of the molecule is CCc1cc(=O)oc2cc(C)cc(OC(C)C(=O)N(C)Cc3c(C)nn(C)c3C)c12. The summed E-state index contributed by atoms with van der Waals surface area (Å²) in [5.74, 6) is 0.413. The highest BCUT2D eigenvalue weighted by molar-refractivity contribution is 5.88. The molecule has 2 heterocycles. The van der Waals surface area contributed by atoms with Crippen LogP contribution in [0, 0.1) is 20.8 Å². The van der Waals surface area contributed by atoms with Gasteiger partial charge < -0.3 is 14.1 Å². The lowest BCUT2D eigenvalue weighted by molar-refractivity contribution is -0.137. The second kappa shape index (κ2) is 8.34. The van der Waals surface area contributed by atoms with Crippen LogP contribution in [-0.4, -0.2) is 33.7 Å². The highest BCUT2D eigenvalue weighted by Crippen LogP contribution is 2.31. The number of amides is 1. The molecule has 30 heavy (non-hydrogen) atoms. The van der Waals surface area contributed by atoms with E-state index in [1.54, 1.807) is 18.9 Å². The van der Waals surface area contributed by atoms with Crippen LogP contribution in [0.3, 0.4) is 0 Å². The van der Waals surface area contributed by atoms with Gasteiger partial charge in [0.1, 0.15) is 11.3 Å². The van der Waals surface area contributed by atoms with Crippen molar-refractivity contribution in [2.24, 2.45) is 7.05 Å². The van der Waals surface area contributed by atoms with Gasteiger partial charge in [-0.3, -0.25) is 9.48 Å². The molecule has 0 aliphatic heterocycles. The van der Waals surface area contributed by atoms with E-state index < -0.39 is 6.10 Å². The molecule has 7 nitrogen and oxygen atoms in total. The molecule has 0 radical (unpaired) electrons. The lowest BCUT2D eigenvalue weighted by Gasteiger charge is -2.23. The van der Waals surface area contributed by atoms with E-state index in [0.29, 0.717) is 24.3 Å². The fraction of sp³-hybridized carbons (Fsp3) is 0.435. The first-order chi connectivity index (χ1) is 14.1. The zero-order valence-corrected chi connectivity index (χ0v) is 18.7. The van der Waals surface area contributed by atoms with Crippen molar-refractivity contribution in [3.05, 3.63) is 56.7 Å². The van der Waals surface area contributed by atoms with Gasteiger partial charge in [-0.2, -0.15) is 5.10 Å². The van der Waals surface area contributed by atoms with Crippen LogP contribution in [-0.2, 0) is 24.8 Å². The third-order valence-electron chi connectivity index (χ3n) is 5.50. The molecule has 0 saturated carbocycles. The predicted molar refractivity (Wildman–Crippen MR) is 116 cm³/mol. The summed E-state index contributed by atoms with van der Waals surface area (Å²) >= 11 is 0. The molecule has 1 aromatic carbocycles. The summed E-state index contributed by atoms with van der Waals surface area (Å²) in [5, 5.41) is 5.16. The Balaban J connectivity index is 1.88. The topological polar surface area (TPSA) is 77.6 Å². The van der Waals surface area contributed by atoms with Gasteiger partial charge in [0.2, 0.25) is 0 Å². The first-order valence-corrected chi connectivity index (χ1v) is 10.1. The Morgan fingerprint density at radius 2 is 1.97 bits per heavy atom. The van der Waals surface area contributed by atoms with E-state index in [9.17, 15) is 9.59 Å². The third kappa shape index (κ3) is 4.10. The molecule has 0 saturated heterocycles. The summed E-state index contributed by atoms with van der Waals surface area (Å²) in [4.78, 5) is 26.5. The molecule has 2 aromatic heterocycles. The molecule has 0 aliphatic carbocycles. The minimum Gasteiger partial charge on any atom is -0.480 e. The number of ether oxygens (including phenoxy) is 1. The summed E-state index contributed by atoms with van der Waals surface area (Å²) in [6, 6.07) is 5.17. The van der Waals surface area contributed by atoms with Crippen molar-refractivity contribution in [3.63, 3.8) is 0 Å². The number of hydrogen-bond donors (Lipinski definition) is 0. The average Bonchev–Trinajstić information content (AvgIpc) is 2.91. The molecule has 3 aromatic rings. The first-order valence-electron chi connectivity index (χ1n) is 10.1. The van der Waals surface area contributed by atoms with Crippen LogP contribution < -0.4 is 10.4 Å². The summed E-state index contributed by atoms with van der Waals surface area (Å²) in [6.45, 7) is 10.0. The van der Waals surface area contributed by atoms with Gasteiger partial charge in [0.25, 0.3) is 5.91 Å². The summed E-state index contributed by atoms with van der Waals surface area (Å²) in [6.07, 6.45) is -0.0440. The van der Waals surface area contributed by atoms with Gasteiger partial charge in [-0.1, -0.05) is 6.92 Å². The molecule has 0 bridgehead atoms. The van der Waals surface area contributed by atoms with Gasteiger partial charge in [0, 0.05) is 38.0 Å². The number of rotatable bonds is 6. The quantitative estimate of drug-likeness (QED) is 0.581. The normalized spacial score (nSPS) is 12.2. The lowest BCUT2D eigenvalue weighted by Crippen LogP contribution is -2.37. The average molecular weight is 412 g/mol. The molecule has 7 heteroatoms. The van der Waals surface area contributed by atoms with Crippen molar-refractivity contribution in [1.29, 1.82) is 0 Å². The molecule has 1 unspecified atom stereocenters. The van der Waals surface area contributed by atoms with Crippen molar-refractivity contribution in [3.8, 4) is 5.75 Å². The van der Waals surface area contributed by atoms with Crippen molar-refractivity contribution in [1.82, 2.24) is 14.7 Å². The third-order valence-corrected chi connectivity index (χ3v) is 5.50. The van der Waals surface area contributed by atoms with Gasteiger partial charge in [-0.25, -0.2) is 4.79 Å². The number of carbonyl (C=O) groups excluding carboxylic acids is 1. The molecule has 3 rings (SSSR count). The standard InChI is InChI=1S/C23H29N3O4/c1-8-17-11-21(27)30-20-10-13(2)9-19(22(17)20)29-16(5)23(28)25(6)12-18-14(3)24-26(7)15(18)4/h9-11,16H,8,12H2,1-7H3. The molecule has 0 spiro atoms. The Morgan fingerprint density at radius 3 is 2.57 bits per heavy atom. The van der Waals surface area contributed by atoms with E-state index >= 15 is 0 Å². The Morgan fingerprint density at radius 1 is 1.27 bits per heavy atom. The monoisotopic (exact) mass is 411 g/mol. The van der Waals surface area contributed by atoms with Crippen LogP contribution in [0.1, 0.15) is 41.9 Å². The number of benzene rings is 1. The van der Waals surface area contributed by atoms with Crippen molar-refractivity contribution in [2.75, 3.05) is 7.05 Å². The van der Waals surface area contributed by atoms with Gasteiger partial charge in [0.15, 0.2) is 6.10 Å². The van der Waals surface area contributed by atoms with Crippen LogP contribution in [0.25, 0.3) is 11.0 Å². The number of nitrogens with zero attached hydrogens (tertiary/aromatic N) is 3. The molecule has 160 valence electrons. The van der Waals surface area contributed by atoms with E-state index in [-0.39, 0.29) is 11.5 Å². The Labute approximate surface area is 176 Å². The number of hydrogen-bond acceptors (Lipinski definition) is 5. The zero-order valence-electron chi connectivity index (χ0n) is 18.7. The molecular weight excluding hydrogens is 382 g/mol. The van der Waals surface area contributed by atoms with E-state index in [4.69, 9.17) is 9.15 Å². The highest BCUT2D eigenvalue weighted by Gasteiger charge is 2.23. The van der Waals surface area contributed by atoms with E-state index in [1.165, 1.54) is 6.07 Å². The van der Waals surface area contributed by atoms with Crippen LogP contribution in [0.5, 0.6) is 5.75 Å². The van der Waals surface area contributed by atoms with Crippen LogP contribution in [0.4, 0.5) is 0 Å². The number of fused-ring (bicyclic) bond motifs is 1. The maximum absolute atomic E-state index is 13.0. The summed E-state index contributed by atoms with van der Waals surface area (Å²) in [5.41, 5.74) is 4.81. The fourth-order valence-electron chi connectivity index (χ4n) is 3.75. The van der Waals surface area contributed by atoms with Crippen molar-refractivity contribution >= 4 is 16.9 Å². The molecule has 0 fully saturated rings. The minimum absolute atomic E-state index is 0.136.